The predicted molar refractivity (Wildman–Crippen MR) is 93.3 cm³/mol. The summed E-state index contributed by atoms with van der Waals surface area (Å²) in [5, 5.41) is 13.7. The Labute approximate surface area is 145 Å². The average Bonchev–Trinajstić information content (AvgIpc) is 2.44. The molecule has 112 valence electrons. The Balaban J connectivity index is 1.80. The third kappa shape index (κ3) is 5.51. The molecule has 0 saturated carbocycles. The molecule has 1 unspecified atom stereocenters. The number of benzene rings is 2. The van der Waals surface area contributed by atoms with E-state index in [0.29, 0.717) is 11.6 Å². The maximum atomic E-state index is 9.95. The molecule has 3 nitrogen and oxygen atoms in total. The maximum absolute atomic E-state index is 9.95. The summed E-state index contributed by atoms with van der Waals surface area (Å²) >= 11 is 12.7. The van der Waals surface area contributed by atoms with Crippen molar-refractivity contribution in [1.82, 2.24) is 0 Å². The van der Waals surface area contributed by atoms with Gasteiger partial charge in [0.2, 0.25) is 0 Å². The van der Waals surface area contributed by atoms with Crippen molar-refractivity contribution in [2.24, 2.45) is 0 Å². The Morgan fingerprint density at radius 2 is 2.00 bits per heavy atom. The summed E-state index contributed by atoms with van der Waals surface area (Å²) in [5.74, 6) is 0.719. The Kier molecular flexibility index (Phi) is 6.36. The summed E-state index contributed by atoms with van der Waals surface area (Å²) in [7, 11) is 0. The highest BCUT2D eigenvalue weighted by Crippen LogP contribution is 2.25. The summed E-state index contributed by atoms with van der Waals surface area (Å²) in [6, 6.07) is 13.0. The van der Waals surface area contributed by atoms with Gasteiger partial charge in [-0.15, -0.1) is 0 Å². The standard InChI is InChI=1S/C15H14Br2ClNO2/c16-10-2-1-3-13(6-10)21-9-12(20)8-19-15-5-4-11(18)7-14(15)17/h1-7,12,19-20H,8-9H2. The van der Waals surface area contributed by atoms with Gasteiger partial charge in [-0.25, -0.2) is 0 Å². The van der Waals surface area contributed by atoms with E-state index in [9.17, 15) is 5.11 Å². The number of hydrogen-bond acceptors (Lipinski definition) is 3. The molecule has 2 aromatic carbocycles. The first-order valence-electron chi connectivity index (χ1n) is 6.30. The molecule has 0 amide bonds. The van der Waals surface area contributed by atoms with E-state index < -0.39 is 6.10 Å². The molecular weight excluding hydrogens is 421 g/mol. The van der Waals surface area contributed by atoms with Gasteiger partial charge in [-0.3, -0.25) is 0 Å². The molecule has 0 radical (unpaired) electrons. The minimum Gasteiger partial charge on any atom is -0.491 e. The molecular formula is C15H14Br2ClNO2. The van der Waals surface area contributed by atoms with E-state index in [1.807, 2.05) is 30.3 Å². The van der Waals surface area contributed by atoms with Gasteiger partial charge in [0.15, 0.2) is 0 Å². The minimum atomic E-state index is -0.619. The number of aliphatic hydroxyl groups excluding tert-OH is 1. The number of rotatable bonds is 6. The van der Waals surface area contributed by atoms with Crippen molar-refractivity contribution in [2.45, 2.75) is 6.10 Å². The molecule has 0 fully saturated rings. The fourth-order valence-corrected chi connectivity index (χ4v) is 2.87. The van der Waals surface area contributed by atoms with Crippen LogP contribution >= 0.6 is 43.5 Å². The fraction of sp³-hybridized carbons (Fsp3) is 0.200. The third-order valence-corrected chi connectivity index (χ3v) is 4.08. The Hall–Kier alpha value is -0.750. The van der Waals surface area contributed by atoms with Crippen molar-refractivity contribution in [1.29, 1.82) is 0 Å². The molecule has 6 heteroatoms. The van der Waals surface area contributed by atoms with Crippen LogP contribution in [0.5, 0.6) is 5.75 Å². The van der Waals surface area contributed by atoms with Crippen LogP contribution in [-0.2, 0) is 0 Å². The summed E-state index contributed by atoms with van der Waals surface area (Å²) in [6.07, 6.45) is -0.619. The van der Waals surface area contributed by atoms with Gasteiger partial charge in [0.05, 0.1) is 0 Å². The van der Waals surface area contributed by atoms with Crippen molar-refractivity contribution in [2.75, 3.05) is 18.5 Å². The van der Waals surface area contributed by atoms with Crippen LogP contribution in [0.2, 0.25) is 5.02 Å². The van der Waals surface area contributed by atoms with Gasteiger partial charge >= 0.3 is 0 Å². The summed E-state index contributed by atoms with van der Waals surface area (Å²) in [5.41, 5.74) is 0.876. The average molecular weight is 436 g/mol. The Bertz CT molecular complexity index is 610. The first-order chi connectivity index (χ1) is 10.0. The van der Waals surface area contributed by atoms with E-state index in [4.69, 9.17) is 16.3 Å². The molecule has 0 bridgehead atoms. The van der Waals surface area contributed by atoms with Crippen molar-refractivity contribution >= 4 is 49.1 Å². The Morgan fingerprint density at radius 3 is 2.71 bits per heavy atom. The van der Waals surface area contributed by atoms with E-state index in [1.165, 1.54) is 0 Å². The molecule has 2 aromatic rings. The lowest BCUT2D eigenvalue weighted by Crippen LogP contribution is -2.26. The summed E-state index contributed by atoms with van der Waals surface area (Å²) in [4.78, 5) is 0. The first kappa shape index (κ1) is 16.6. The van der Waals surface area contributed by atoms with Gasteiger partial charge in [0.25, 0.3) is 0 Å². The fourth-order valence-electron chi connectivity index (χ4n) is 1.67. The molecule has 0 aliphatic rings. The molecule has 0 saturated heterocycles. The quantitative estimate of drug-likeness (QED) is 0.690. The number of hydrogen-bond donors (Lipinski definition) is 2. The second-order valence-electron chi connectivity index (χ2n) is 4.43. The zero-order chi connectivity index (χ0) is 15.2. The van der Waals surface area contributed by atoms with Gasteiger partial charge < -0.3 is 15.2 Å². The van der Waals surface area contributed by atoms with Crippen molar-refractivity contribution in [3.8, 4) is 5.75 Å². The maximum Gasteiger partial charge on any atom is 0.120 e. The molecule has 2 N–H and O–H groups in total. The number of halogens is 3. The van der Waals surface area contributed by atoms with E-state index in [0.717, 1.165) is 20.4 Å². The van der Waals surface area contributed by atoms with Crippen molar-refractivity contribution in [3.05, 3.63) is 56.4 Å². The normalized spacial score (nSPS) is 12.0. The predicted octanol–water partition coefficient (Wildman–Crippen LogP) is 4.72. The molecule has 21 heavy (non-hydrogen) atoms. The van der Waals surface area contributed by atoms with Crippen LogP contribution in [0.1, 0.15) is 0 Å². The molecule has 0 aliphatic carbocycles. The highest BCUT2D eigenvalue weighted by Gasteiger charge is 2.07. The van der Waals surface area contributed by atoms with Gasteiger partial charge in [-0.05, 0) is 52.3 Å². The smallest absolute Gasteiger partial charge is 0.120 e. The summed E-state index contributed by atoms with van der Waals surface area (Å²) in [6.45, 7) is 0.600. The van der Waals surface area contributed by atoms with E-state index >= 15 is 0 Å². The Morgan fingerprint density at radius 1 is 1.19 bits per heavy atom. The second-order valence-corrected chi connectivity index (χ2v) is 6.63. The summed E-state index contributed by atoms with van der Waals surface area (Å²) < 4.78 is 7.33. The minimum absolute atomic E-state index is 0.217. The number of nitrogens with one attached hydrogen (secondary N) is 1. The van der Waals surface area contributed by atoms with Crippen LogP contribution < -0.4 is 10.1 Å². The van der Waals surface area contributed by atoms with Crippen LogP contribution in [0.25, 0.3) is 0 Å². The van der Waals surface area contributed by atoms with Crippen molar-refractivity contribution < 1.29 is 9.84 Å². The topological polar surface area (TPSA) is 41.5 Å². The number of aliphatic hydroxyl groups is 1. The van der Waals surface area contributed by atoms with Crippen LogP contribution in [0.3, 0.4) is 0 Å². The molecule has 0 aliphatic heterocycles. The van der Waals surface area contributed by atoms with Gasteiger partial charge in [-0.2, -0.15) is 0 Å². The highest BCUT2D eigenvalue weighted by molar-refractivity contribution is 9.10. The molecule has 1 atom stereocenters. The largest absolute Gasteiger partial charge is 0.491 e. The van der Waals surface area contributed by atoms with Crippen LogP contribution in [-0.4, -0.2) is 24.4 Å². The zero-order valence-corrected chi connectivity index (χ0v) is 15.0. The van der Waals surface area contributed by atoms with Gasteiger partial charge in [0, 0.05) is 26.2 Å². The van der Waals surface area contributed by atoms with Crippen LogP contribution in [0.15, 0.2) is 51.4 Å². The molecule has 2 rings (SSSR count). The van der Waals surface area contributed by atoms with Gasteiger partial charge in [0.1, 0.15) is 18.5 Å². The highest BCUT2D eigenvalue weighted by atomic mass is 79.9. The lowest BCUT2D eigenvalue weighted by molar-refractivity contribution is 0.117. The van der Waals surface area contributed by atoms with Crippen molar-refractivity contribution in [3.63, 3.8) is 0 Å². The van der Waals surface area contributed by atoms with E-state index in [1.54, 1.807) is 12.1 Å². The lowest BCUT2D eigenvalue weighted by Gasteiger charge is -2.15. The van der Waals surface area contributed by atoms with Crippen LogP contribution in [0.4, 0.5) is 5.69 Å². The zero-order valence-electron chi connectivity index (χ0n) is 11.0. The van der Waals surface area contributed by atoms with Gasteiger partial charge in [-0.1, -0.05) is 33.6 Å². The van der Waals surface area contributed by atoms with E-state index in [-0.39, 0.29) is 6.61 Å². The number of anilines is 1. The lowest BCUT2D eigenvalue weighted by atomic mass is 10.3. The molecule has 0 aromatic heterocycles. The third-order valence-electron chi connectivity index (χ3n) is 2.70. The SMILES string of the molecule is OC(CNc1ccc(Cl)cc1Br)COc1cccc(Br)c1. The second kappa shape index (κ2) is 8.03. The first-order valence-corrected chi connectivity index (χ1v) is 8.26. The molecule has 0 spiro atoms. The molecule has 0 heterocycles. The van der Waals surface area contributed by atoms with Crippen LogP contribution in [0, 0.1) is 0 Å². The van der Waals surface area contributed by atoms with E-state index in [2.05, 4.69) is 37.2 Å². The number of ether oxygens (including phenoxy) is 1. The monoisotopic (exact) mass is 433 g/mol.